The highest BCUT2D eigenvalue weighted by atomic mass is 32.2. The molecule has 0 aliphatic carbocycles. The van der Waals surface area contributed by atoms with Gasteiger partial charge in [-0.15, -0.1) is 0 Å². The van der Waals surface area contributed by atoms with Gasteiger partial charge in [0.2, 0.25) is 0 Å². The highest BCUT2D eigenvalue weighted by molar-refractivity contribution is 7.91. The fourth-order valence-electron chi connectivity index (χ4n) is 2.66. The summed E-state index contributed by atoms with van der Waals surface area (Å²) in [5, 5.41) is 0. The fourth-order valence-corrected chi connectivity index (χ4v) is 4.35. The van der Waals surface area contributed by atoms with Crippen LogP contribution in [0.4, 0.5) is 9.18 Å². The first-order valence-corrected chi connectivity index (χ1v) is 9.68. The van der Waals surface area contributed by atoms with Gasteiger partial charge in [0.1, 0.15) is 11.4 Å². The van der Waals surface area contributed by atoms with E-state index >= 15 is 0 Å². The molecule has 1 fully saturated rings. The number of amides is 1. The van der Waals surface area contributed by atoms with Gasteiger partial charge in [-0.1, -0.05) is 0 Å². The van der Waals surface area contributed by atoms with E-state index in [4.69, 9.17) is 4.74 Å². The highest BCUT2D eigenvalue weighted by Crippen LogP contribution is 2.24. The average molecular weight is 357 g/mol. The monoisotopic (exact) mass is 357 g/mol. The van der Waals surface area contributed by atoms with Gasteiger partial charge in [-0.3, -0.25) is 0 Å². The zero-order chi connectivity index (χ0) is 18.0. The number of halogens is 1. The summed E-state index contributed by atoms with van der Waals surface area (Å²) in [6.45, 7) is 6.41. The minimum absolute atomic E-state index is 0.0147. The molecule has 7 heteroatoms. The number of benzene rings is 1. The topological polar surface area (TPSA) is 63.7 Å². The molecule has 1 aliphatic heterocycles. The van der Waals surface area contributed by atoms with Crippen LogP contribution in [-0.4, -0.2) is 43.9 Å². The fraction of sp³-hybridized carbons (Fsp3) is 0.588. The summed E-state index contributed by atoms with van der Waals surface area (Å²) in [5.74, 6) is -0.459. The van der Waals surface area contributed by atoms with Gasteiger partial charge in [-0.25, -0.2) is 17.6 Å². The van der Waals surface area contributed by atoms with E-state index < -0.39 is 21.3 Å². The molecule has 134 valence electrons. The Morgan fingerprint density at radius 2 is 1.75 bits per heavy atom. The van der Waals surface area contributed by atoms with E-state index in [0.29, 0.717) is 25.9 Å². The van der Waals surface area contributed by atoms with Crippen LogP contribution in [0.15, 0.2) is 29.2 Å². The number of ether oxygens (including phenoxy) is 1. The van der Waals surface area contributed by atoms with Crippen LogP contribution in [0.25, 0.3) is 0 Å². The van der Waals surface area contributed by atoms with E-state index in [2.05, 4.69) is 0 Å². The van der Waals surface area contributed by atoms with Gasteiger partial charge in [0.15, 0.2) is 9.84 Å². The predicted molar refractivity (Wildman–Crippen MR) is 89.0 cm³/mol. The number of carbonyl (C=O) groups is 1. The number of sulfone groups is 1. The summed E-state index contributed by atoms with van der Waals surface area (Å²) in [6, 6.07) is 4.89. The molecule has 0 atom stereocenters. The SMILES string of the molecule is CC(C)(C)OC(=O)N1CCC(CS(=O)(=O)c2ccc(F)cc2)CC1. The van der Waals surface area contributed by atoms with Crippen LogP contribution < -0.4 is 0 Å². The van der Waals surface area contributed by atoms with Crippen molar-refractivity contribution in [3.63, 3.8) is 0 Å². The Kier molecular flexibility index (Phi) is 5.52. The lowest BCUT2D eigenvalue weighted by atomic mass is 9.99. The van der Waals surface area contributed by atoms with Gasteiger partial charge in [0.25, 0.3) is 0 Å². The van der Waals surface area contributed by atoms with Crippen molar-refractivity contribution < 1.29 is 22.3 Å². The number of likely N-dealkylation sites (tertiary alicyclic amines) is 1. The molecular formula is C17H24FNO4S. The number of hydrogen-bond acceptors (Lipinski definition) is 4. The third-order valence-corrected chi connectivity index (χ3v) is 5.79. The Bertz CT molecular complexity index is 672. The van der Waals surface area contributed by atoms with Crippen LogP contribution in [0.3, 0.4) is 0 Å². The average Bonchev–Trinajstić information content (AvgIpc) is 2.46. The maximum absolute atomic E-state index is 12.9. The molecule has 0 N–H and O–H groups in total. The van der Waals surface area contributed by atoms with Crippen LogP contribution in [-0.2, 0) is 14.6 Å². The van der Waals surface area contributed by atoms with E-state index in [1.165, 1.54) is 12.1 Å². The van der Waals surface area contributed by atoms with Gasteiger partial charge in [0, 0.05) is 13.1 Å². The minimum Gasteiger partial charge on any atom is -0.444 e. The number of hydrogen-bond donors (Lipinski definition) is 0. The predicted octanol–water partition coefficient (Wildman–Crippen LogP) is 3.25. The van der Waals surface area contributed by atoms with Gasteiger partial charge in [0.05, 0.1) is 10.6 Å². The summed E-state index contributed by atoms with van der Waals surface area (Å²) in [4.78, 5) is 13.8. The lowest BCUT2D eigenvalue weighted by Gasteiger charge is -2.33. The van der Waals surface area contributed by atoms with Crippen molar-refractivity contribution in [2.45, 2.75) is 44.1 Å². The quantitative estimate of drug-likeness (QED) is 0.779. The molecule has 5 nitrogen and oxygen atoms in total. The second kappa shape index (κ2) is 7.09. The molecule has 0 spiro atoms. The molecule has 1 heterocycles. The molecular weight excluding hydrogens is 333 g/mol. The Hall–Kier alpha value is -1.63. The molecule has 0 unspecified atom stereocenters. The highest BCUT2D eigenvalue weighted by Gasteiger charge is 2.29. The molecule has 1 aliphatic rings. The second-order valence-electron chi connectivity index (χ2n) is 7.15. The van der Waals surface area contributed by atoms with Crippen LogP contribution in [0.1, 0.15) is 33.6 Å². The lowest BCUT2D eigenvalue weighted by molar-refractivity contribution is 0.0191. The van der Waals surface area contributed by atoms with Crippen molar-refractivity contribution in [1.29, 1.82) is 0 Å². The molecule has 1 saturated heterocycles. The van der Waals surface area contributed by atoms with E-state index in [-0.39, 0.29) is 22.7 Å². The summed E-state index contributed by atoms with van der Waals surface area (Å²) < 4.78 is 43.0. The van der Waals surface area contributed by atoms with E-state index in [9.17, 15) is 17.6 Å². The third-order valence-electron chi connectivity index (χ3n) is 3.89. The smallest absolute Gasteiger partial charge is 0.410 e. The summed E-state index contributed by atoms with van der Waals surface area (Å²) in [6.07, 6.45) is 0.863. The van der Waals surface area contributed by atoms with Crippen LogP contribution in [0.5, 0.6) is 0 Å². The van der Waals surface area contributed by atoms with Crippen molar-refractivity contribution in [2.24, 2.45) is 5.92 Å². The second-order valence-corrected chi connectivity index (χ2v) is 9.18. The van der Waals surface area contributed by atoms with E-state index in [0.717, 1.165) is 12.1 Å². The number of carbonyl (C=O) groups excluding carboxylic acids is 1. The molecule has 2 rings (SSSR count). The van der Waals surface area contributed by atoms with Gasteiger partial charge >= 0.3 is 6.09 Å². The molecule has 1 aromatic carbocycles. The molecule has 24 heavy (non-hydrogen) atoms. The standard InChI is InChI=1S/C17H24FNO4S/c1-17(2,3)23-16(20)19-10-8-13(9-11-19)12-24(21,22)15-6-4-14(18)5-7-15/h4-7,13H,8-12H2,1-3H3. The van der Waals surface area contributed by atoms with Crippen molar-refractivity contribution in [1.82, 2.24) is 4.90 Å². The Balaban J connectivity index is 1.91. The van der Waals surface area contributed by atoms with E-state index in [1.807, 2.05) is 20.8 Å². The zero-order valence-corrected chi connectivity index (χ0v) is 15.1. The lowest BCUT2D eigenvalue weighted by Crippen LogP contribution is -2.42. The maximum atomic E-state index is 12.9. The Morgan fingerprint density at radius 3 is 2.25 bits per heavy atom. The largest absolute Gasteiger partial charge is 0.444 e. The Morgan fingerprint density at radius 1 is 1.21 bits per heavy atom. The van der Waals surface area contributed by atoms with E-state index in [1.54, 1.807) is 4.90 Å². The van der Waals surface area contributed by atoms with Crippen molar-refractivity contribution in [3.8, 4) is 0 Å². The Labute approximate surface area is 142 Å². The summed E-state index contributed by atoms with van der Waals surface area (Å²) in [5.41, 5.74) is -0.542. The minimum atomic E-state index is -3.44. The van der Waals surface area contributed by atoms with Crippen LogP contribution in [0, 0.1) is 11.7 Å². The molecule has 0 saturated carbocycles. The normalized spacial score (nSPS) is 16.9. The van der Waals surface area contributed by atoms with Gasteiger partial charge < -0.3 is 9.64 Å². The first-order valence-electron chi connectivity index (χ1n) is 8.03. The van der Waals surface area contributed by atoms with Gasteiger partial charge in [-0.2, -0.15) is 0 Å². The first-order chi connectivity index (χ1) is 11.1. The van der Waals surface area contributed by atoms with Crippen molar-refractivity contribution in [3.05, 3.63) is 30.1 Å². The molecule has 0 aromatic heterocycles. The summed E-state index contributed by atoms with van der Waals surface area (Å²) in [7, 11) is -3.44. The van der Waals surface area contributed by atoms with Crippen molar-refractivity contribution >= 4 is 15.9 Å². The third kappa shape index (κ3) is 5.19. The number of rotatable bonds is 3. The van der Waals surface area contributed by atoms with Crippen molar-refractivity contribution in [2.75, 3.05) is 18.8 Å². The zero-order valence-electron chi connectivity index (χ0n) is 14.3. The number of piperidine rings is 1. The van der Waals surface area contributed by atoms with Crippen LogP contribution in [0.2, 0.25) is 0 Å². The maximum Gasteiger partial charge on any atom is 0.410 e. The first kappa shape index (κ1) is 18.7. The van der Waals surface area contributed by atoms with Crippen LogP contribution >= 0.6 is 0 Å². The molecule has 1 aromatic rings. The number of nitrogens with zero attached hydrogens (tertiary/aromatic N) is 1. The molecule has 0 bridgehead atoms. The molecule has 0 radical (unpaired) electrons. The molecule has 1 amide bonds. The summed E-state index contributed by atoms with van der Waals surface area (Å²) >= 11 is 0. The van der Waals surface area contributed by atoms with Gasteiger partial charge in [-0.05, 0) is 63.8 Å².